The molecule has 0 saturated carbocycles. The van der Waals surface area contributed by atoms with Gasteiger partial charge in [-0.1, -0.05) is 39.5 Å². The SMILES string of the molecule is CCCCC(C)(C)OOOC(=O)OOOC(C)(C)CCCC. The maximum atomic E-state index is 11.2. The summed E-state index contributed by atoms with van der Waals surface area (Å²) in [5.74, 6) is 0. The van der Waals surface area contributed by atoms with Crippen LogP contribution in [0.25, 0.3) is 0 Å². The molecule has 0 aliphatic rings. The number of carbonyl (C=O) groups is 1. The van der Waals surface area contributed by atoms with Crippen LogP contribution in [0.2, 0.25) is 0 Å². The van der Waals surface area contributed by atoms with Gasteiger partial charge in [0.05, 0.1) is 0 Å². The average Bonchev–Trinajstić information content (AvgIpc) is 2.42. The normalized spacial score (nSPS) is 12.3. The van der Waals surface area contributed by atoms with E-state index in [0.29, 0.717) is 0 Å². The molecular weight excluding hydrogens is 292 g/mol. The molecule has 132 valence electrons. The highest BCUT2D eigenvalue weighted by Gasteiger charge is 2.23. The Bertz CT molecular complexity index is 274. The monoisotopic (exact) mass is 322 g/mol. The van der Waals surface area contributed by atoms with Crippen molar-refractivity contribution in [1.82, 2.24) is 0 Å². The molecular formula is C15H30O7. The van der Waals surface area contributed by atoms with Gasteiger partial charge in [-0.2, -0.15) is 14.6 Å². The summed E-state index contributed by atoms with van der Waals surface area (Å²) >= 11 is 0. The van der Waals surface area contributed by atoms with Crippen LogP contribution in [-0.4, -0.2) is 17.4 Å². The van der Waals surface area contributed by atoms with E-state index in [1.54, 1.807) is 0 Å². The zero-order valence-electron chi connectivity index (χ0n) is 14.6. The third kappa shape index (κ3) is 11.7. The van der Waals surface area contributed by atoms with Crippen LogP contribution in [0.5, 0.6) is 0 Å². The molecule has 0 aromatic carbocycles. The largest absolute Gasteiger partial charge is 0.577 e. The zero-order valence-corrected chi connectivity index (χ0v) is 14.6. The van der Waals surface area contributed by atoms with Gasteiger partial charge < -0.3 is 0 Å². The molecule has 0 bridgehead atoms. The molecule has 0 amide bonds. The Hall–Kier alpha value is -0.890. The van der Waals surface area contributed by atoms with Crippen LogP contribution in [0.1, 0.15) is 80.1 Å². The standard InChI is InChI=1S/C15H30O7/c1-7-9-11-14(3,4)19-21-17-13(16)18-22-20-15(5,6)12-10-8-2/h7-12H2,1-6H3. The fourth-order valence-corrected chi connectivity index (χ4v) is 1.58. The lowest BCUT2D eigenvalue weighted by Gasteiger charge is -2.22. The number of unbranched alkanes of at least 4 members (excludes halogenated alkanes) is 2. The van der Waals surface area contributed by atoms with Gasteiger partial charge in [-0.25, -0.2) is 9.78 Å². The summed E-state index contributed by atoms with van der Waals surface area (Å²) in [4.78, 5) is 29.7. The Morgan fingerprint density at radius 2 is 1.14 bits per heavy atom. The predicted octanol–water partition coefficient (Wildman–Crippen LogP) is 4.80. The highest BCUT2D eigenvalue weighted by Crippen LogP contribution is 2.19. The minimum atomic E-state index is -1.21. The van der Waals surface area contributed by atoms with Crippen molar-refractivity contribution < 1.29 is 34.4 Å². The van der Waals surface area contributed by atoms with Crippen LogP contribution in [0.3, 0.4) is 0 Å². The summed E-state index contributed by atoms with van der Waals surface area (Å²) < 4.78 is 0. The predicted molar refractivity (Wildman–Crippen MR) is 79.1 cm³/mol. The maximum Gasteiger partial charge on any atom is 0.577 e. The Morgan fingerprint density at radius 3 is 1.45 bits per heavy atom. The lowest BCUT2D eigenvalue weighted by Crippen LogP contribution is -2.27. The van der Waals surface area contributed by atoms with E-state index < -0.39 is 17.4 Å². The van der Waals surface area contributed by atoms with Crippen molar-refractivity contribution in [2.45, 2.75) is 91.3 Å². The Morgan fingerprint density at radius 1 is 0.773 bits per heavy atom. The smallest absolute Gasteiger partial charge is 0.226 e. The molecule has 0 N–H and O–H groups in total. The Kier molecular flexibility index (Phi) is 10.3. The second-order valence-electron chi connectivity index (χ2n) is 6.45. The molecule has 0 aromatic heterocycles. The summed E-state index contributed by atoms with van der Waals surface area (Å²) in [6, 6.07) is 0. The average molecular weight is 322 g/mol. The van der Waals surface area contributed by atoms with Crippen molar-refractivity contribution in [3.8, 4) is 0 Å². The quantitative estimate of drug-likeness (QED) is 0.377. The summed E-state index contributed by atoms with van der Waals surface area (Å²) in [6.45, 7) is 11.5. The van der Waals surface area contributed by atoms with Gasteiger partial charge in [-0.15, -0.1) is 0 Å². The molecule has 0 radical (unpaired) electrons. The van der Waals surface area contributed by atoms with E-state index in [-0.39, 0.29) is 0 Å². The number of hydrogen-bond acceptors (Lipinski definition) is 7. The first-order chi connectivity index (χ1) is 10.2. The van der Waals surface area contributed by atoms with Crippen molar-refractivity contribution in [3.05, 3.63) is 0 Å². The Labute approximate surface area is 132 Å². The van der Waals surface area contributed by atoms with Crippen LogP contribution in [0, 0.1) is 0 Å². The molecule has 0 aliphatic heterocycles. The maximum absolute atomic E-state index is 11.2. The first-order valence-corrected chi connectivity index (χ1v) is 7.81. The van der Waals surface area contributed by atoms with Crippen LogP contribution >= 0.6 is 0 Å². The molecule has 0 rings (SSSR count). The molecule has 0 spiro atoms. The van der Waals surface area contributed by atoms with Crippen LogP contribution in [0.4, 0.5) is 4.79 Å². The van der Waals surface area contributed by atoms with Crippen LogP contribution in [-0.2, 0) is 29.6 Å². The molecule has 0 aromatic rings. The molecule has 0 heterocycles. The van der Waals surface area contributed by atoms with Gasteiger partial charge in [-0.3, -0.25) is 0 Å². The molecule has 0 aliphatic carbocycles. The van der Waals surface area contributed by atoms with E-state index in [2.05, 4.69) is 33.7 Å². The topological polar surface area (TPSA) is 72.5 Å². The van der Waals surface area contributed by atoms with Gasteiger partial charge in [0.2, 0.25) is 0 Å². The third-order valence-electron chi connectivity index (χ3n) is 2.99. The van der Waals surface area contributed by atoms with Crippen LogP contribution in [0.15, 0.2) is 0 Å². The number of rotatable bonds is 12. The van der Waals surface area contributed by atoms with Gasteiger partial charge in [0.1, 0.15) is 11.2 Å². The molecule has 0 unspecified atom stereocenters. The lowest BCUT2D eigenvalue weighted by molar-refractivity contribution is -0.554. The summed E-state index contributed by atoms with van der Waals surface area (Å²) in [7, 11) is 0. The second-order valence-corrected chi connectivity index (χ2v) is 6.45. The fourth-order valence-electron chi connectivity index (χ4n) is 1.58. The minimum absolute atomic E-state index is 0.560. The van der Waals surface area contributed by atoms with Crippen molar-refractivity contribution in [1.29, 1.82) is 0 Å². The zero-order chi connectivity index (χ0) is 17.1. The van der Waals surface area contributed by atoms with E-state index in [9.17, 15) is 4.79 Å². The fraction of sp³-hybridized carbons (Fsp3) is 0.933. The first-order valence-electron chi connectivity index (χ1n) is 7.81. The van der Waals surface area contributed by atoms with E-state index in [1.807, 2.05) is 27.7 Å². The third-order valence-corrected chi connectivity index (χ3v) is 2.99. The van der Waals surface area contributed by atoms with Gasteiger partial charge in [-0.05, 0) is 50.6 Å². The number of carbonyl (C=O) groups excluding carboxylic acids is 1. The van der Waals surface area contributed by atoms with Gasteiger partial charge in [0.25, 0.3) is 0 Å². The Balaban J connectivity index is 3.78. The number of hydrogen-bond donors (Lipinski definition) is 0. The first kappa shape index (κ1) is 21.1. The van der Waals surface area contributed by atoms with Crippen molar-refractivity contribution in [2.75, 3.05) is 0 Å². The summed E-state index contributed by atoms with van der Waals surface area (Å²) in [5.41, 5.74) is -1.12. The highest BCUT2D eigenvalue weighted by molar-refractivity contribution is 5.57. The van der Waals surface area contributed by atoms with Gasteiger partial charge in [0, 0.05) is 0 Å². The summed E-state index contributed by atoms with van der Waals surface area (Å²) in [6.07, 6.45) is 4.36. The molecule has 0 atom stereocenters. The molecule has 7 heteroatoms. The van der Waals surface area contributed by atoms with Gasteiger partial charge in [0.15, 0.2) is 0 Å². The molecule has 0 saturated heterocycles. The lowest BCUT2D eigenvalue weighted by atomic mass is 10.0. The molecule has 0 fully saturated rings. The van der Waals surface area contributed by atoms with E-state index in [1.165, 1.54) is 0 Å². The van der Waals surface area contributed by atoms with E-state index >= 15 is 0 Å². The van der Waals surface area contributed by atoms with E-state index in [0.717, 1.165) is 38.5 Å². The van der Waals surface area contributed by atoms with Gasteiger partial charge >= 0.3 is 6.16 Å². The molecule has 22 heavy (non-hydrogen) atoms. The van der Waals surface area contributed by atoms with Crippen molar-refractivity contribution in [2.24, 2.45) is 0 Å². The van der Waals surface area contributed by atoms with Crippen LogP contribution < -0.4 is 0 Å². The minimum Gasteiger partial charge on any atom is -0.226 e. The van der Waals surface area contributed by atoms with Crippen molar-refractivity contribution in [3.63, 3.8) is 0 Å². The molecule has 7 nitrogen and oxygen atoms in total. The van der Waals surface area contributed by atoms with Crippen molar-refractivity contribution >= 4 is 6.16 Å². The second kappa shape index (κ2) is 10.8. The highest BCUT2D eigenvalue weighted by atomic mass is 17.6. The van der Waals surface area contributed by atoms with E-state index in [4.69, 9.17) is 9.78 Å². The summed E-state index contributed by atoms with van der Waals surface area (Å²) in [5, 5.41) is 8.79.